The van der Waals surface area contributed by atoms with Crippen LogP contribution in [0.15, 0.2) is 18.2 Å². The van der Waals surface area contributed by atoms with Crippen LogP contribution in [0.2, 0.25) is 5.02 Å². The van der Waals surface area contributed by atoms with E-state index in [9.17, 15) is 9.18 Å². The molecule has 5 heteroatoms. The maximum atomic E-state index is 12.9. The largest absolute Gasteiger partial charge is 0.380 e. The van der Waals surface area contributed by atoms with Gasteiger partial charge in [-0.2, -0.15) is 0 Å². The lowest BCUT2D eigenvalue weighted by atomic mass is 10.0. The van der Waals surface area contributed by atoms with Crippen molar-refractivity contribution in [2.75, 3.05) is 13.7 Å². The molecule has 2 unspecified atom stereocenters. The van der Waals surface area contributed by atoms with Crippen LogP contribution in [0.3, 0.4) is 0 Å². The van der Waals surface area contributed by atoms with E-state index < -0.39 is 5.82 Å². The predicted molar refractivity (Wildman–Crippen MR) is 67.3 cm³/mol. The number of ether oxygens (including phenoxy) is 1. The van der Waals surface area contributed by atoms with E-state index in [1.807, 2.05) is 0 Å². The number of ketones is 1. The van der Waals surface area contributed by atoms with Gasteiger partial charge >= 0.3 is 0 Å². The molecule has 1 N–H and O–H groups in total. The molecule has 0 spiro atoms. The summed E-state index contributed by atoms with van der Waals surface area (Å²) in [5.41, 5.74) is 0.658. The first-order valence-corrected chi connectivity index (χ1v) is 6.20. The van der Waals surface area contributed by atoms with E-state index in [-0.39, 0.29) is 24.3 Å². The Kier molecular flexibility index (Phi) is 4.32. The fraction of sp³-hybridized carbons (Fsp3) is 0.462. The normalized spacial score (nSPS) is 23.3. The molecule has 0 radical (unpaired) electrons. The Morgan fingerprint density at radius 3 is 3.00 bits per heavy atom. The first-order valence-electron chi connectivity index (χ1n) is 5.83. The number of carbonyl (C=O) groups excluding carboxylic acids is 1. The minimum atomic E-state index is -0.394. The van der Waals surface area contributed by atoms with Crippen LogP contribution in [-0.2, 0) is 16.0 Å². The standard InChI is InChI=1S/C13H15ClFNO2/c1-18-10-6-12(16-7-10)13(17)4-8-2-3-9(15)5-11(8)14/h2-3,5,10,12,16H,4,6-7H2,1H3. The van der Waals surface area contributed by atoms with Crippen molar-refractivity contribution in [2.45, 2.75) is 25.0 Å². The smallest absolute Gasteiger partial charge is 0.154 e. The third kappa shape index (κ3) is 3.07. The zero-order valence-corrected chi connectivity index (χ0v) is 10.8. The van der Waals surface area contributed by atoms with Crippen molar-refractivity contribution in [1.29, 1.82) is 0 Å². The highest BCUT2D eigenvalue weighted by molar-refractivity contribution is 6.31. The van der Waals surface area contributed by atoms with Crippen LogP contribution in [0, 0.1) is 5.82 Å². The second-order valence-corrected chi connectivity index (χ2v) is 4.84. The lowest BCUT2D eigenvalue weighted by molar-refractivity contribution is -0.120. The first kappa shape index (κ1) is 13.5. The summed E-state index contributed by atoms with van der Waals surface area (Å²) in [4.78, 5) is 12.0. The van der Waals surface area contributed by atoms with Gasteiger partial charge in [-0.1, -0.05) is 17.7 Å². The number of benzene rings is 1. The SMILES string of the molecule is COC1CNC(C(=O)Cc2ccc(F)cc2Cl)C1. The highest BCUT2D eigenvalue weighted by Crippen LogP contribution is 2.20. The van der Waals surface area contributed by atoms with E-state index in [4.69, 9.17) is 16.3 Å². The summed E-state index contributed by atoms with van der Waals surface area (Å²) < 4.78 is 18.1. The van der Waals surface area contributed by atoms with Gasteiger partial charge in [0.05, 0.1) is 12.1 Å². The molecule has 0 aliphatic carbocycles. The van der Waals surface area contributed by atoms with Crippen LogP contribution in [0.4, 0.5) is 4.39 Å². The minimum absolute atomic E-state index is 0.0584. The molecule has 0 saturated carbocycles. The van der Waals surface area contributed by atoms with Crippen LogP contribution in [0.25, 0.3) is 0 Å². The van der Waals surface area contributed by atoms with E-state index in [1.165, 1.54) is 12.1 Å². The lowest BCUT2D eigenvalue weighted by Crippen LogP contribution is -2.31. The molecule has 2 atom stereocenters. The molecule has 1 saturated heterocycles. The quantitative estimate of drug-likeness (QED) is 0.910. The lowest BCUT2D eigenvalue weighted by Gasteiger charge is -2.10. The van der Waals surface area contributed by atoms with Gasteiger partial charge in [0.15, 0.2) is 5.78 Å². The van der Waals surface area contributed by atoms with E-state index in [0.717, 1.165) is 0 Å². The van der Waals surface area contributed by atoms with Crippen molar-refractivity contribution in [1.82, 2.24) is 5.32 Å². The first-order chi connectivity index (χ1) is 8.60. The van der Waals surface area contributed by atoms with Crippen LogP contribution in [0.5, 0.6) is 0 Å². The monoisotopic (exact) mass is 271 g/mol. The molecule has 1 heterocycles. The van der Waals surface area contributed by atoms with Crippen molar-refractivity contribution in [3.8, 4) is 0 Å². The predicted octanol–water partition coefficient (Wildman–Crippen LogP) is 1.97. The van der Waals surface area contributed by atoms with E-state index in [2.05, 4.69) is 5.32 Å². The highest BCUT2D eigenvalue weighted by atomic mass is 35.5. The van der Waals surface area contributed by atoms with Crippen molar-refractivity contribution in [3.63, 3.8) is 0 Å². The maximum Gasteiger partial charge on any atom is 0.154 e. The summed E-state index contributed by atoms with van der Waals surface area (Å²) in [7, 11) is 1.63. The average molecular weight is 272 g/mol. The highest BCUT2D eigenvalue weighted by Gasteiger charge is 2.29. The molecule has 98 valence electrons. The number of hydrogen-bond donors (Lipinski definition) is 1. The van der Waals surface area contributed by atoms with E-state index >= 15 is 0 Å². The molecular formula is C13H15ClFNO2. The molecule has 3 nitrogen and oxygen atoms in total. The van der Waals surface area contributed by atoms with Crippen LogP contribution in [0.1, 0.15) is 12.0 Å². The van der Waals surface area contributed by atoms with E-state index in [0.29, 0.717) is 23.6 Å². The number of methoxy groups -OCH3 is 1. The number of Topliss-reactive ketones (excluding diaryl/α,β-unsaturated/α-hetero) is 1. The number of carbonyl (C=O) groups is 1. The molecule has 1 aromatic carbocycles. The Morgan fingerprint density at radius 1 is 1.61 bits per heavy atom. The number of halogens is 2. The fourth-order valence-electron chi connectivity index (χ4n) is 2.10. The Hall–Kier alpha value is -0.970. The molecular weight excluding hydrogens is 257 g/mol. The van der Waals surface area contributed by atoms with Gasteiger partial charge in [-0.05, 0) is 24.1 Å². The molecule has 0 bridgehead atoms. The van der Waals surface area contributed by atoms with Gasteiger partial charge in [0.2, 0.25) is 0 Å². The fourth-order valence-corrected chi connectivity index (χ4v) is 2.34. The van der Waals surface area contributed by atoms with Gasteiger partial charge < -0.3 is 10.1 Å². The van der Waals surface area contributed by atoms with Crippen LogP contribution in [-0.4, -0.2) is 31.6 Å². The maximum absolute atomic E-state index is 12.9. The van der Waals surface area contributed by atoms with Gasteiger partial charge in [-0.15, -0.1) is 0 Å². The third-order valence-electron chi connectivity index (χ3n) is 3.19. The van der Waals surface area contributed by atoms with Crippen LogP contribution < -0.4 is 5.32 Å². The molecule has 18 heavy (non-hydrogen) atoms. The second kappa shape index (κ2) is 5.78. The number of hydrogen-bond acceptors (Lipinski definition) is 3. The Labute approximate surface area is 110 Å². The Balaban J connectivity index is 1.99. The summed E-state index contributed by atoms with van der Waals surface area (Å²) in [6.07, 6.45) is 0.976. The summed E-state index contributed by atoms with van der Waals surface area (Å²) in [5.74, 6) is -0.335. The summed E-state index contributed by atoms with van der Waals surface area (Å²) in [6.45, 7) is 0.685. The number of nitrogens with one attached hydrogen (secondary N) is 1. The minimum Gasteiger partial charge on any atom is -0.380 e. The van der Waals surface area contributed by atoms with Gasteiger partial charge in [0.1, 0.15) is 5.82 Å². The molecule has 1 aromatic rings. The summed E-state index contributed by atoms with van der Waals surface area (Å²) >= 11 is 5.90. The van der Waals surface area contributed by atoms with Gasteiger partial charge in [0, 0.05) is 25.1 Å². The molecule has 1 aliphatic rings. The topological polar surface area (TPSA) is 38.3 Å². The Bertz CT molecular complexity index is 453. The van der Waals surface area contributed by atoms with Gasteiger partial charge in [0.25, 0.3) is 0 Å². The van der Waals surface area contributed by atoms with Crippen molar-refractivity contribution < 1.29 is 13.9 Å². The second-order valence-electron chi connectivity index (χ2n) is 4.43. The zero-order chi connectivity index (χ0) is 13.1. The molecule has 2 rings (SSSR count). The summed E-state index contributed by atoms with van der Waals surface area (Å²) in [6, 6.07) is 3.90. The Morgan fingerprint density at radius 2 is 2.39 bits per heavy atom. The van der Waals surface area contributed by atoms with Crippen LogP contribution >= 0.6 is 11.6 Å². The number of rotatable bonds is 4. The van der Waals surface area contributed by atoms with E-state index in [1.54, 1.807) is 13.2 Å². The molecule has 1 fully saturated rings. The van der Waals surface area contributed by atoms with Crippen molar-refractivity contribution in [2.24, 2.45) is 0 Å². The van der Waals surface area contributed by atoms with Crippen molar-refractivity contribution >= 4 is 17.4 Å². The van der Waals surface area contributed by atoms with Gasteiger partial charge in [-0.3, -0.25) is 4.79 Å². The molecule has 0 amide bonds. The summed E-state index contributed by atoms with van der Waals surface area (Å²) in [5, 5.41) is 3.41. The van der Waals surface area contributed by atoms with Gasteiger partial charge in [-0.25, -0.2) is 4.39 Å². The average Bonchev–Trinajstić information content (AvgIpc) is 2.81. The molecule has 0 aromatic heterocycles. The molecule has 1 aliphatic heterocycles. The zero-order valence-electron chi connectivity index (χ0n) is 10.1. The van der Waals surface area contributed by atoms with Crippen molar-refractivity contribution in [3.05, 3.63) is 34.6 Å². The third-order valence-corrected chi connectivity index (χ3v) is 3.54.